The summed E-state index contributed by atoms with van der Waals surface area (Å²) in [5, 5.41) is 9.88. The molecule has 47 heavy (non-hydrogen) atoms. The van der Waals surface area contributed by atoms with Gasteiger partial charge >= 0.3 is 0 Å². The normalized spacial score (nSPS) is 16.3. The summed E-state index contributed by atoms with van der Waals surface area (Å²) < 4.78 is 6.84. The van der Waals surface area contributed by atoms with Gasteiger partial charge in [-0.05, 0) is 85.3 Å². The number of pyridine rings is 2. The highest BCUT2D eigenvalue weighted by atomic mass is 16.5. The van der Waals surface area contributed by atoms with E-state index in [0.717, 1.165) is 75.8 Å². The molecule has 2 atom stereocenters. The molecule has 4 N–H and O–H groups in total. The van der Waals surface area contributed by atoms with Crippen molar-refractivity contribution in [2.24, 2.45) is 0 Å². The number of rotatable bonds is 8. The van der Waals surface area contributed by atoms with E-state index < -0.39 is 0 Å². The molecule has 0 amide bonds. The third-order valence-electron chi connectivity index (χ3n) is 10.4. The number of aromatic amines is 2. The summed E-state index contributed by atoms with van der Waals surface area (Å²) in [6, 6.07) is 21.9. The average molecular weight is 625 g/mol. The van der Waals surface area contributed by atoms with E-state index in [9.17, 15) is 0 Å². The Hall–Kier alpha value is -4.46. The van der Waals surface area contributed by atoms with Gasteiger partial charge in [0.05, 0.1) is 0 Å². The molecule has 7 nitrogen and oxygen atoms in total. The number of aromatic nitrogens is 4. The molecule has 0 aliphatic carbocycles. The van der Waals surface area contributed by atoms with Gasteiger partial charge in [0.15, 0.2) is 0 Å². The molecule has 0 spiro atoms. The Labute approximate surface area is 276 Å². The zero-order valence-corrected chi connectivity index (χ0v) is 27.5. The number of benzene rings is 2. The number of hydrogen-bond acceptors (Lipinski definition) is 5. The zero-order valence-electron chi connectivity index (χ0n) is 27.5. The minimum absolute atomic E-state index is 0.130. The number of fused-ring (bicyclic) bond motifs is 6. The van der Waals surface area contributed by atoms with Crippen LogP contribution in [0.5, 0.6) is 11.8 Å². The molecule has 2 unspecified atom stereocenters. The third kappa shape index (κ3) is 5.41. The van der Waals surface area contributed by atoms with Crippen molar-refractivity contribution >= 4 is 21.8 Å². The van der Waals surface area contributed by atoms with Crippen LogP contribution >= 0.6 is 0 Å². The molecule has 2 aliphatic heterocycles. The average Bonchev–Trinajstić information content (AvgIpc) is 3.42. The highest BCUT2D eigenvalue weighted by Gasteiger charge is 2.27. The van der Waals surface area contributed by atoms with Gasteiger partial charge in [-0.3, -0.25) is 0 Å². The van der Waals surface area contributed by atoms with Gasteiger partial charge in [0, 0.05) is 94.5 Å². The molecule has 0 radical (unpaired) electrons. The maximum absolute atomic E-state index is 6.84. The molecule has 6 heterocycles. The monoisotopic (exact) mass is 624 g/mol. The van der Waals surface area contributed by atoms with Crippen LogP contribution in [-0.4, -0.2) is 46.1 Å². The first kappa shape index (κ1) is 29.9. The van der Waals surface area contributed by atoms with Crippen LogP contribution < -0.4 is 15.4 Å². The van der Waals surface area contributed by atoms with Crippen LogP contribution in [0.3, 0.4) is 0 Å². The minimum atomic E-state index is 0.130. The molecule has 6 aromatic rings. The van der Waals surface area contributed by atoms with Crippen LogP contribution in [0.1, 0.15) is 83.3 Å². The van der Waals surface area contributed by atoms with E-state index in [-0.39, 0.29) is 11.8 Å². The summed E-state index contributed by atoms with van der Waals surface area (Å²) in [5.41, 5.74) is 13.0. The van der Waals surface area contributed by atoms with Crippen molar-refractivity contribution in [2.45, 2.75) is 64.2 Å². The van der Waals surface area contributed by atoms with Gasteiger partial charge in [0.25, 0.3) is 0 Å². The first-order valence-corrected chi connectivity index (χ1v) is 17.5. The maximum Gasteiger partial charge on any atom is 0.225 e. The Morgan fingerprint density at radius 2 is 1.02 bits per heavy atom. The second kappa shape index (κ2) is 13.0. The molecule has 0 bridgehead atoms. The van der Waals surface area contributed by atoms with E-state index in [1.165, 1.54) is 55.4 Å². The Balaban J connectivity index is 1.20. The summed E-state index contributed by atoms with van der Waals surface area (Å²) in [4.78, 5) is 17.2. The lowest BCUT2D eigenvalue weighted by atomic mass is 9.85. The topological polar surface area (TPSA) is 90.7 Å². The SMILES string of the molecule is CCC(c1cccnc1Oc1ncccc1C(CC)c1cccc2[nH]c3c(c12)CCNCC3)c1cccc2[nH]c3c(c12)CCNCC3. The van der Waals surface area contributed by atoms with Crippen LogP contribution in [0.25, 0.3) is 21.8 Å². The van der Waals surface area contributed by atoms with E-state index in [1.54, 1.807) is 0 Å². The van der Waals surface area contributed by atoms with Gasteiger partial charge in [0.2, 0.25) is 11.8 Å². The molecule has 7 heteroatoms. The molecule has 240 valence electrons. The van der Waals surface area contributed by atoms with Crippen molar-refractivity contribution in [3.63, 3.8) is 0 Å². The summed E-state index contributed by atoms with van der Waals surface area (Å²) in [7, 11) is 0. The Morgan fingerprint density at radius 3 is 1.49 bits per heavy atom. The predicted molar refractivity (Wildman–Crippen MR) is 190 cm³/mol. The lowest BCUT2D eigenvalue weighted by Gasteiger charge is -2.23. The quantitative estimate of drug-likeness (QED) is 0.139. The number of nitrogens with zero attached hydrogens (tertiary/aromatic N) is 2. The number of H-pyrrole nitrogens is 2. The Bertz CT molecular complexity index is 1890. The highest BCUT2D eigenvalue weighted by Crippen LogP contribution is 2.43. The van der Waals surface area contributed by atoms with Gasteiger partial charge in [-0.1, -0.05) is 50.2 Å². The van der Waals surface area contributed by atoms with Gasteiger partial charge < -0.3 is 25.3 Å². The second-order valence-electron chi connectivity index (χ2n) is 13.0. The molecule has 0 fully saturated rings. The van der Waals surface area contributed by atoms with Gasteiger partial charge in [-0.25, -0.2) is 9.97 Å². The molecule has 4 aromatic heterocycles. The molecule has 2 aromatic carbocycles. The standard InChI is InChI=1S/C40H44N6O/c1-3-25(27-9-5-13-35-37(27)31-15-21-41-23-17-33(31)45-35)29-11-7-19-43-39(29)47-40-30(12-8-20-44-40)26(4-2)28-10-6-14-36-38(28)32-16-22-42-24-18-34(32)46-36/h5-14,19-20,25-26,41-42,45-46H,3-4,15-18,21-24H2,1-2H3. The maximum atomic E-state index is 6.84. The van der Waals surface area contributed by atoms with Crippen LogP contribution in [0.15, 0.2) is 73.1 Å². The molecule has 0 saturated carbocycles. The van der Waals surface area contributed by atoms with Gasteiger partial charge in [-0.15, -0.1) is 0 Å². The van der Waals surface area contributed by atoms with Crippen molar-refractivity contribution < 1.29 is 4.74 Å². The highest BCUT2D eigenvalue weighted by molar-refractivity contribution is 5.90. The summed E-state index contributed by atoms with van der Waals surface area (Å²) in [5.74, 6) is 1.53. The molecule has 0 saturated heterocycles. The van der Waals surface area contributed by atoms with Crippen LogP contribution in [0.4, 0.5) is 0 Å². The van der Waals surface area contributed by atoms with Crippen molar-refractivity contribution in [1.29, 1.82) is 0 Å². The number of ether oxygens (including phenoxy) is 1. The predicted octanol–water partition coefficient (Wildman–Crippen LogP) is 7.69. The van der Waals surface area contributed by atoms with E-state index in [0.29, 0.717) is 11.8 Å². The first-order valence-electron chi connectivity index (χ1n) is 17.5. The smallest absolute Gasteiger partial charge is 0.225 e. The van der Waals surface area contributed by atoms with Crippen molar-refractivity contribution in [1.82, 2.24) is 30.6 Å². The fourth-order valence-electron chi connectivity index (χ4n) is 8.28. The molecule has 2 aliphatic rings. The third-order valence-corrected chi connectivity index (χ3v) is 10.4. The van der Waals surface area contributed by atoms with Gasteiger partial charge in [0.1, 0.15) is 0 Å². The second-order valence-corrected chi connectivity index (χ2v) is 13.0. The molecular formula is C40H44N6O. The molecule has 8 rings (SSSR count). The van der Waals surface area contributed by atoms with Gasteiger partial charge in [-0.2, -0.15) is 0 Å². The van der Waals surface area contributed by atoms with Crippen molar-refractivity contribution in [3.05, 3.63) is 118 Å². The number of hydrogen-bond donors (Lipinski definition) is 4. The Kier molecular flexibility index (Phi) is 8.26. The fraction of sp³-hybridized carbons (Fsp3) is 0.350. The first-order chi connectivity index (χ1) is 23.2. The number of nitrogens with one attached hydrogen (secondary N) is 4. The van der Waals surface area contributed by atoms with Crippen LogP contribution in [0.2, 0.25) is 0 Å². The minimum Gasteiger partial charge on any atom is -0.420 e. The van der Waals surface area contributed by atoms with Crippen molar-refractivity contribution in [3.8, 4) is 11.8 Å². The van der Waals surface area contributed by atoms with Crippen molar-refractivity contribution in [2.75, 3.05) is 26.2 Å². The van der Waals surface area contributed by atoms with Crippen LogP contribution in [0, 0.1) is 0 Å². The largest absolute Gasteiger partial charge is 0.420 e. The van der Waals surface area contributed by atoms with E-state index in [4.69, 9.17) is 14.7 Å². The summed E-state index contributed by atoms with van der Waals surface area (Å²) in [6.45, 7) is 8.56. The fourth-order valence-corrected chi connectivity index (χ4v) is 8.28. The lowest BCUT2D eigenvalue weighted by molar-refractivity contribution is 0.426. The van der Waals surface area contributed by atoms with E-state index >= 15 is 0 Å². The van der Waals surface area contributed by atoms with E-state index in [2.05, 4.69) is 83.0 Å². The summed E-state index contributed by atoms with van der Waals surface area (Å²) >= 11 is 0. The zero-order chi connectivity index (χ0) is 31.7. The van der Waals surface area contributed by atoms with E-state index in [1.807, 2.05) is 24.5 Å². The van der Waals surface area contributed by atoms with Crippen LogP contribution in [-0.2, 0) is 25.7 Å². The lowest BCUT2D eigenvalue weighted by Crippen LogP contribution is -2.16. The Morgan fingerprint density at radius 1 is 0.574 bits per heavy atom. The summed E-state index contributed by atoms with van der Waals surface area (Å²) in [6.07, 6.45) is 9.65. The molecular weight excluding hydrogens is 580 g/mol.